The van der Waals surface area contributed by atoms with Crippen LogP contribution in [0.2, 0.25) is 0 Å². The zero-order valence-electron chi connectivity index (χ0n) is 9.44. The van der Waals surface area contributed by atoms with E-state index in [9.17, 15) is 4.79 Å². The largest absolute Gasteiger partial charge is 0.496 e. The molecule has 0 N–H and O–H groups in total. The van der Waals surface area contributed by atoms with Crippen molar-refractivity contribution in [3.8, 4) is 17.2 Å². The fourth-order valence-corrected chi connectivity index (χ4v) is 1.31. The van der Waals surface area contributed by atoms with Gasteiger partial charge in [0.1, 0.15) is 5.75 Å². The van der Waals surface area contributed by atoms with E-state index in [1.807, 2.05) is 0 Å². The molecule has 0 aliphatic carbocycles. The Kier molecular flexibility index (Phi) is 4.39. The van der Waals surface area contributed by atoms with Crippen LogP contribution in [0.3, 0.4) is 0 Å². The first-order valence-corrected chi connectivity index (χ1v) is 4.61. The van der Waals surface area contributed by atoms with E-state index >= 15 is 0 Å². The maximum atomic E-state index is 10.1. The monoisotopic (exact) mass is 221 g/mol. The highest BCUT2D eigenvalue weighted by Crippen LogP contribution is 2.35. The van der Waals surface area contributed by atoms with Crippen LogP contribution in [0.1, 0.15) is 5.56 Å². The molecule has 0 spiro atoms. The number of benzene rings is 1. The van der Waals surface area contributed by atoms with Crippen molar-refractivity contribution in [1.29, 1.82) is 0 Å². The van der Waals surface area contributed by atoms with Gasteiger partial charge < -0.3 is 14.2 Å². The molecule has 85 valence electrons. The molecule has 1 rings (SSSR count). The summed E-state index contributed by atoms with van der Waals surface area (Å²) in [7, 11) is 4.64. The van der Waals surface area contributed by atoms with E-state index in [1.165, 1.54) is 6.08 Å². The number of rotatable bonds is 5. The SMILES string of the molecule is COc1cc(OC)c(OC)cc1/C=C/[C]=O. The Morgan fingerprint density at radius 3 is 2.06 bits per heavy atom. The summed E-state index contributed by atoms with van der Waals surface area (Å²) >= 11 is 0. The van der Waals surface area contributed by atoms with Crippen molar-refractivity contribution in [1.82, 2.24) is 0 Å². The molecule has 0 bridgehead atoms. The highest BCUT2D eigenvalue weighted by Gasteiger charge is 2.09. The van der Waals surface area contributed by atoms with Crippen LogP contribution in [-0.2, 0) is 4.79 Å². The third-order valence-corrected chi connectivity index (χ3v) is 2.07. The predicted octanol–water partition coefficient (Wildman–Crippen LogP) is 1.84. The molecule has 0 aromatic heterocycles. The lowest BCUT2D eigenvalue weighted by atomic mass is 10.1. The molecule has 0 aliphatic heterocycles. The van der Waals surface area contributed by atoms with Crippen LogP contribution < -0.4 is 14.2 Å². The number of allylic oxidation sites excluding steroid dienone is 1. The Morgan fingerprint density at radius 1 is 1.00 bits per heavy atom. The zero-order valence-corrected chi connectivity index (χ0v) is 9.44. The van der Waals surface area contributed by atoms with Gasteiger partial charge in [-0.15, -0.1) is 0 Å². The average molecular weight is 221 g/mol. The molecule has 1 aromatic carbocycles. The van der Waals surface area contributed by atoms with Crippen molar-refractivity contribution in [3.05, 3.63) is 23.8 Å². The summed E-state index contributed by atoms with van der Waals surface area (Å²) < 4.78 is 15.4. The maximum Gasteiger partial charge on any atom is 0.225 e. The average Bonchev–Trinajstić information content (AvgIpc) is 2.35. The van der Waals surface area contributed by atoms with E-state index in [0.717, 1.165) is 5.56 Å². The van der Waals surface area contributed by atoms with Gasteiger partial charge in [-0.3, -0.25) is 4.79 Å². The molecule has 0 saturated carbocycles. The van der Waals surface area contributed by atoms with Gasteiger partial charge in [0, 0.05) is 11.6 Å². The highest BCUT2D eigenvalue weighted by atomic mass is 16.5. The molecule has 0 fully saturated rings. The summed E-state index contributed by atoms with van der Waals surface area (Å²) in [5.41, 5.74) is 0.725. The Labute approximate surface area is 94.4 Å². The zero-order chi connectivity index (χ0) is 12.0. The van der Waals surface area contributed by atoms with Crippen molar-refractivity contribution < 1.29 is 19.0 Å². The van der Waals surface area contributed by atoms with Crippen molar-refractivity contribution in [2.75, 3.05) is 21.3 Å². The molecular weight excluding hydrogens is 208 g/mol. The van der Waals surface area contributed by atoms with Gasteiger partial charge >= 0.3 is 0 Å². The fraction of sp³-hybridized carbons (Fsp3) is 0.250. The van der Waals surface area contributed by atoms with Crippen molar-refractivity contribution in [2.24, 2.45) is 0 Å². The lowest BCUT2D eigenvalue weighted by molar-refractivity contribution is 0.348. The Balaban J connectivity index is 3.25. The van der Waals surface area contributed by atoms with Gasteiger partial charge in [0.15, 0.2) is 11.5 Å². The molecule has 0 heterocycles. The minimum Gasteiger partial charge on any atom is -0.496 e. The van der Waals surface area contributed by atoms with Gasteiger partial charge in [0.05, 0.1) is 21.3 Å². The van der Waals surface area contributed by atoms with Crippen LogP contribution in [0.4, 0.5) is 0 Å². The van der Waals surface area contributed by atoms with Crippen molar-refractivity contribution >= 4 is 12.4 Å². The smallest absolute Gasteiger partial charge is 0.225 e. The van der Waals surface area contributed by atoms with E-state index in [-0.39, 0.29) is 0 Å². The molecule has 0 atom stereocenters. The minimum atomic E-state index is 0.576. The third-order valence-electron chi connectivity index (χ3n) is 2.07. The third kappa shape index (κ3) is 2.53. The molecule has 0 saturated heterocycles. The maximum absolute atomic E-state index is 10.1. The first-order chi connectivity index (χ1) is 7.76. The van der Waals surface area contributed by atoms with Crippen LogP contribution in [-0.4, -0.2) is 27.6 Å². The van der Waals surface area contributed by atoms with E-state index < -0.39 is 0 Å². The van der Waals surface area contributed by atoms with E-state index in [4.69, 9.17) is 14.2 Å². The molecule has 1 radical (unpaired) electrons. The lowest BCUT2D eigenvalue weighted by Gasteiger charge is -2.11. The van der Waals surface area contributed by atoms with Gasteiger partial charge in [-0.2, -0.15) is 0 Å². The fourth-order valence-electron chi connectivity index (χ4n) is 1.31. The number of hydrogen-bond donors (Lipinski definition) is 0. The number of carbonyl (C=O) groups excluding carboxylic acids is 1. The number of hydrogen-bond acceptors (Lipinski definition) is 4. The first kappa shape index (κ1) is 12.1. The van der Waals surface area contributed by atoms with Gasteiger partial charge in [-0.05, 0) is 18.2 Å². The first-order valence-electron chi connectivity index (χ1n) is 4.61. The molecule has 4 nitrogen and oxygen atoms in total. The molecular formula is C12H13O4. The van der Waals surface area contributed by atoms with E-state index in [1.54, 1.807) is 45.8 Å². The molecule has 0 unspecified atom stereocenters. The van der Waals surface area contributed by atoms with E-state index in [0.29, 0.717) is 17.2 Å². The van der Waals surface area contributed by atoms with Crippen molar-refractivity contribution in [3.63, 3.8) is 0 Å². The van der Waals surface area contributed by atoms with Gasteiger partial charge in [-0.25, -0.2) is 0 Å². The highest BCUT2D eigenvalue weighted by molar-refractivity contribution is 5.76. The molecule has 0 aliphatic rings. The Hall–Kier alpha value is -1.97. The Morgan fingerprint density at radius 2 is 1.56 bits per heavy atom. The summed E-state index contributed by atoms with van der Waals surface area (Å²) in [5, 5.41) is 0. The summed E-state index contributed by atoms with van der Waals surface area (Å²) in [4.78, 5) is 10.1. The molecule has 0 amide bonds. The van der Waals surface area contributed by atoms with Crippen LogP contribution in [0.5, 0.6) is 17.2 Å². The van der Waals surface area contributed by atoms with Gasteiger partial charge in [-0.1, -0.05) is 0 Å². The topological polar surface area (TPSA) is 44.8 Å². The molecule has 1 aromatic rings. The van der Waals surface area contributed by atoms with Crippen LogP contribution >= 0.6 is 0 Å². The summed E-state index contributed by atoms with van der Waals surface area (Å²) in [6.45, 7) is 0. The second kappa shape index (κ2) is 5.80. The van der Waals surface area contributed by atoms with Crippen LogP contribution in [0, 0.1) is 0 Å². The summed E-state index contributed by atoms with van der Waals surface area (Å²) in [6.07, 6.45) is 4.53. The number of ether oxygens (including phenoxy) is 3. The standard InChI is InChI=1S/C12H13O4/c1-14-10-8-12(16-3)11(15-2)7-9(10)5-4-6-13/h4-5,7-8H,1-3H3/b5-4+. The normalized spacial score (nSPS) is 10.2. The van der Waals surface area contributed by atoms with E-state index in [2.05, 4.69) is 0 Å². The van der Waals surface area contributed by atoms with Crippen LogP contribution in [0.25, 0.3) is 6.08 Å². The summed E-state index contributed by atoms with van der Waals surface area (Å²) in [6, 6.07) is 3.43. The quantitative estimate of drug-likeness (QED) is 0.711. The minimum absolute atomic E-state index is 0.576. The van der Waals surface area contributed by atoms with Crippen LogP contribution in [0.15, 0.2) is 18.2 Å². The van der Waals surface area contributed by atoms with Crippen molar-refractivity contribution in [2.45, 2.75) is 0 Å². The Bertz CT molecular complexity index is 396. The molecule has 4 heteroatoms. The second-order valence-electron chi connectivity index (χ2n) is 2.90. The molecule has 16 heavy (non-hydrogen) atoms. The summed E-state index contributed by atoms with van der Waals surface area (Å²) in [5.74, 6) is 1.75. The second-order valence-corrected chi connectivity index (χ2v) is 2.90. The lowest BCUT2D eigenvalue weighted by Crippen LogP contribution is -1.94. The predicted molar refractivity (Wildman–Crippen MR) is 60.8 cm³/mol. The van der Waals surface area contributed by atoms with Gasteiger partial charge in [0.25, 0.3) is 0 Å². The number of methoxy groups -OCH3 is 3. The van der Waals surface area contributed by atoms with Gasteiger partial charge in [0.2, 0.25) is 6.29 Å².